The lowest BCUT2D eigenvalue weighted by Crippen LogP contribution is -2.00. The van der Waals surface area contributed by atoms with Crippen LogP contribution >= 0.6 is 39.1 Å². The Labute approximate surface area is 124 Å². The van der Waals surface area contributed by atoms with Crippen molar-refractivity contribution < 1.29 is 0 Å². The average Bonchev–Trinajstić information content (AvgIpc) is 2.47. The number of aryl methyl sites for hydroxylation is 2. The zero-order chi connectivity index (χ0) is 12.7. The predicted molar refractivity (Wildman–Crippen MR) is 78.5 cm³/mol. The van der Waals surface area contributed by atoms with Crippen LogP contribution < -0.4 is 0 Å². The average molecular weight is 343 g/mol. The van der Waals surface area contributed by atoms with Crippen LogP contribution in [-0.4, -0.2) is 4.98 Å². The van der Waals surface area contributed by atoms with E-state index in [2.05, 4.69) is 27.0 Å². The summed E-state index contributed by atoms with van der Waals surface area (Å²) in [6, 6.07) is 8.01. The molecule has 1 unspecified atom stereocenters. The van der Waals surface area contributed by atoms with Gasteiger partial charge in [0.1, 0.15) is 5.38 Å². The van der Waals surface area contributed by atoms with E-state index in [9.17, 15) is 0 Å². The molecule has 1 atom stereocenters. The molecule has 2 aromatic rings. The van der Waals surface area contributed by atoms with E-state index in [1.807, 2.05) is 18.2 Å². The summed E-state index contributed by atoms with van der Waals surface area (Å²) in [5.41, 5.74) is 4.50. The van der Waals surface area contributed by atoms with Crippen molar-refractivity contribution in [1.29, 1.82) is 0 Å². The molecule has 1 aromatic heterocycles. The van der Waals surface area contributed by atoms with Crippen LogP contribution in [0.4, 0.5) is 0 Å². The summed E-state index contributed by atoms with van der Waals surface area (Å²) in [5, 5.41) is 0.570. The molecule has 1 aromatic carbocycles. The first-order valence-corrected chi connectivity index (χ1v) is 7.32. The van der Waals surface area contributed by atoms with Crippen LogP contribution in [0.3, 0.4) is 0 Å². The van der Waals surface area contributed by atoms with Crippen LogP contribution in [0.5, 0.6) is 0 Å². The van der Waals surface area contributed by atoms with E-state index in [-0.39, 0.29) is 5.38 Å². The maximum atomic E-state index is 6.57. The van der Waals surface area contributed by atoms with Crippen molar-refractivity contribution in [3.05, 3.63) is 62.3 Å². The molecule has 1 nitrogen and oxygen atoms in total. The molecule has 0 saturated carbocycles. The molecule has 0 aliphatic heterocycles. The second-order valence-corrected chi connectivity index (χ2v) is 6.19. The first-order valence-electron chi connectivity index (χ1n) is 5.72. The van der Waals surface area contributed by atoms with Gasteiger partial charge in [-0.3, -0.25) is 4.98 Å². The summed E-state index contributed by atoms with van der Waals surface area (Å²) < 4.78 is 0.995. The largest absolute Gasteiger partial charge is 0.258 e. The van der Waals surface area contributed by atoms with E-state index < -0.39 is 0 Å². The van der Waals surface area contributed by atoms with Gasteiger partial charge < -0.3 is 0 Å². The summed E-state index contributed by atoms with van der Waals surface area (Å²) in [6.45, 7) is 0. The summed E-state index contributed by atoms with van der Waals surface area (Å²) in [4.78, 5) is 4.47. The number of halogens is 3. The fraction of sp³-hybridized carbons (Fsp3) is 0.214. The summed E-state index contributed by atoms with van der Waals surface area (Å²) >= 11 is 16.1. The molecule has 0 N–H and O–H groups in total. The number of alkyl halides is 1. The number of hydrogen-bond acceptors (Lipinski definition) is 1. The minimum absolute atomic E-state index is 0.192. The molecule has 0 saturated heterocycles. The predicted octanol–water partition coefficient (Wildman–Crippen LogP) is 4.92. The van der Waals surface area contributed by atoms with Crippen molar-refractivity contribution in [2.24, 2.45) is 0 Å². The van der Waals surface area contributed by atoms with Gasteiger partial charge in [0.25, 0.3) is 0 Å². The minimum Gasteiger partial charge on any atom is -0.258 e. The quantitative estimate of drug-likeness (QED) is 0.619. The van der Waals surface area contributed by atoms with Gasteiger partial charge in [-0.25, -0.2) is 0 Å². The fourth-order valence-corrected chi connectivity index (χ4v) is 3.36. The maximum absolute atomic E-state index is 6.57. The van der Waals surface area contributed by atoms with Crippen molar-refractivity contribution in [2.45, 2.75) is 18.2 Å². The van der Waals surface area contributed by atoms with E-state index in [0.29, 0.717) is 0 Å². The van der Waals surface area contributed by atoms with Gasteiger partial charge in [-0.1, -0.05) is 17.7 Å². The van der Waals surface area contributed by atoms with Gasteiger partial charge in [-0.2, -0.15) is 0 Å². The van der Waals surface area contributed by atoms with Gasteiger partial charge >= 0.3 is 0 Å². The smallest absolute Gasteiger partial charge is 0.101 e. The van der Waals surface area contributed by atoms with E-state index in [4.69, 9.17) is 23.2 Å². The highest BCUT2D eigenvalue weighted by molar-refractivity contribution is 9.10. The second kappa shape index (κ2) is 4.84. The summed E-state index contributed by atoms with van der Waals surface area (Å²) in [7, 11) is 0. The maximum Gasteiger partial charge on any atom is 0.101 e. The van der Waals surface area contributed by atoms with Crippen molar-refractivity contribution in [3.8, 4) is 0 Å². The lowest BCUT2D eigenvalue weighted by Gasteiger charge is -2.12. The van der Waals surface area contributed by atoms with Crippen molar-refractivity contribution in [2.75, 3.05) is 0 Å². The Bertz CT molecular complexity index is 559. The van der Waals surface area contributed by atoms with Crippen LogP contribution in [0.15, 0.2) is 34.9 Å². The van der Waals surface area contributed by atoms with Crippen LogP contribution in [0.25, 0.3) is 0 Å². The van der Waals surface area contributed by atoms with Crippen LogP contribution in [0, 0.1) is 0 Å². The normalized spacial score (nSPS) is 17.8. The molecule has 4 heteroatoms. The number of nitrogens with zero attached hydrogens (tertiary/aromatic N) is 1. The summed E-state index contributed by atoms with van der Waals surface area (Å²) in [5.74, 6) is 0. The van der Waals surface area contributed by atoms with E-state index in [1.165, 1.54) is 11.1 Å². The van der Waals surface area contributed by atoms with E-state index >= 15 is 0 Å². The summed E-state index contributed by atoms with van der Waals surface area (Å²) in [6.07, 6.45) is 3.69. The molecule has 0 spiro atoms. The SMILES string of the molecule is Clc1ccc2c(c1)CCc1cc(Br)cnc1C2Cl. The first-order chi connectivity index (χ1) is 8.65. The third-order valence-electron chi connectivity index (χ3n) is 3.25. The van der Waals surface area contributed by atoms with Gasteiger partial charge in [0.2, 0.25) is 0 Å². The van der Waals surface area contributed by atoms with Gasteiger partial charge in [0.15, 0.2) is 0 Å². The van der Waals surface area contributed by atoms with Gasteiger partial charge in [0.05, 0.1) is 5.69 Å². The monoisotopic (exact) mass is 341 g/mol. The highest BCUT2D eigenvalue weighted by Gasteiger charge is 2.23. The lowest BCUT2D eigenvalue weighted by atomic mass is 10.0. The zero-order valence-electron chi connectivity index (χ0n) is 9.46. The Morgan fingerprint density at radius 1 is 1.17 bits per heavy atom. The number of pyridine rings is 1. The molecule has 92 valence electrons. The Kier molecular flexibility index (Phi) is 3.35. The number of benzene rings is 1. The van der Waals surface area contributed by atoms with Gasteiger partial charge in [-0.05, 0) is 63.7 Å². The van der Waals surface area contributed by atoms with Gasteiger partial charge in [-0.15, -0.1) is 11.6 Å². The molecular formula is C14H10BrCl2N. The Morgan fingerprint density at radius 3 is 2.78 bits per heavy atom. The molecule has 0 radical (unpaired) electrons. The number of aromatic nitrogens is 1. The zero-order valence-corrected chi connectivity index (χ0v) is 12.6. The molecule has 3 rings (SSSR count). The highest BCUT2D eigenvalue weighted by Crippen LogP contribution is 2.37. The topological polar surface area (TPSA) is 12.9 Å². The lowest BCUT2D eigenvalue weighted by molar-refractivity contribution is 0.947. The molecule has 0 bridgehead atoms. The molecular weight excluding hydrogens is 333 g/mol. The highest BCUT2D eigenvalue weighted by atomic mass is 79.9. The van der Waals surface area contributed by atoms with E-state index in [0.717, 1.165) is 33.6 Å². The minimum atomic E-state index is -0.192. The second-order valence-electron chi connectivity index (χ2n) is 4.40. The third kappa shape index (κ3) is 2.18. The Hall–Kier alpha value is -0.570. The van der Waals surface area contributed by atoms with Crippen molar-refractivity contribution >= 4 is 39.1 Å². The van der Waals surface area contributed by atoms with Crippen LogP contribution in [0.2, 0.25) is 5.02 Å². The third-order valence-corrected chi connectivity index (χ3v) is 4.36. The molecule has 18 heavy (non-hydrogen) atoms. The molecule has 0 fully saturated rings. The Balaban J connectivity index is 2.15. The molecule has 1 aliphatic carbocycles. The van der Waals surface area contributed by atoms with Crippen molar-refractivity contribution in [1.82, 2.24) is 4.98 Å². The Morgan fingerprint density at radius 2 is 1.94 bits per heavy atom. The standard InChI is InChI=1S/C14H10BrCl2N/c15-10-5-9-2-1-8-6-11(16)3-4-12(8)13(17)14(9)18-7-10/h3-7,13H,1-2H2. The number of hydrogen-bond donors (Lipinski definition) is 0. The molecule has 1 aliphatic rings. The van der Waals surface area contributed by atoms with Crippen LogP contribution in [-0.2, 0) is 12.8 Å². The fourth-order valence-electron chi connectivity index (χ4n) is 2.37. The number of rotatable bonds is 0. The van der Waals surface area contributed by atoms with Gasteiger partial charge in [0, 0.05) is 15.7 Å². The molecule has 0 amide bonds. The van der Waals surface area contributed by atoms with Crippen LogP contribution in [0.1, 0.15) is 27.8 Å². The first kappa shape index (κ1) is 12.5. The van der Waals surface area contributed by atoms with Crippen molar-refractivity contribution in [3.63, 3.8) is 0 Å². The van der Waals surface area contributed by atoms with E-state index in [1.54, 1.807) is 6.20 Å². The molecule has 1 heterocycles. The number of fused-ring (bicyclic) bond motifs is 2.